The lowest BCUT2D eigenvalue weighted by atomic mass is 9.89. The van der Waals surface area contributed by atoms with E-state index in [1.165, 1.54) is 49.8 Å². The van der Waals surface area contributed by atoms with Crippen molar-refractivity contribution in [2.75, 3.05) is 13.2 Å². The SMILES string of the molecule is CC1CCCC(OCC(=O)NCc2ccccc2CN2CCCCC2C)C1. The van der Waals surface area contributed by atoms with E-state index in [0.717, 1.165) is 25.3 Å². The molecule has 1 amide bonds. The van der Waals surface area contributed by atoms with Gasteiger partial charge in [-0.2, -0.15) is 0 Å². The number of amides is 1. The lowest BCUT2D eigenvalue weighted by Crippen LogP contribution is -2.37. The molecule has 0 aromatic heterocycles. The Morgan fingerprint density at radius 3 is 2.70 bits per heavy atom. The first-order chi connectivity index (χ1) is 13.1. The third-order valence-corrected chi connectivity index (χ3v) is 6.25. The molecule has 1 saturated heterocycles. The van der Waals surface area contributed by atoms with Gasteiger partial charge < -0.3 is 10.1 Å². The molecule has 150 valence electrons. The van der Waals surface area contributed by atoms with Gasteiger partial charge in [0.1, 0.15) is 6.61 Å². The molecule has 4 heteroatoms. The van der Waals surface area contributed by atoms with Gasteiger partial charge >= 0.3 is 0 Å². The van der Waals surface area contributed by atoms with Crippen LogP contribution >= 0.6 is 0 Å². The lowest BCUT2D eigenvalue weighted by molar-refractivity contribution is -0.128. The zero-order valence-corrected chi connectivity index (χ0v) is 17.1. The van der Waals surface area contributed by atoms with Crippen LogP contribution in [0, 0.1) is 5.92 Å². The second-order valence-electron chi connectivity index (χ2n) is 8.57. The summed E-state index contributed by atoms with van der Waals surface area (Å²) in [5.41, 5.74) is 2.54. The van der Waals surface area contributed by atoms with E-state index in [1.807, 2.05) is 0 Å². The average Bonchev–Trinajstić information content (AvgIpc) is 2.67. The highest BCUT2D eigenvalue weighted by Gasteiger charge is 2.21. The molecule has 3 rings (SSSR count). The average molecular weight is 373 g/mol. The molecule has 1 heterocycles. The van der Waals surface area contributed by atoms with Crippen molar-refractivity contribution in [2.45, 2.75) is 84.0 Å². The van der Waals surface area contributed by atoms with Gasteiger partial charge in [0.2, 0.25) is 5.91 Å². The predicted octanol–water partition coefficient (Wildman–Crippen LogP) is 4.27. The van der Waals surface area contributed by atoms with E-state index < -0.39 is 0 Å². The first kappa shape index (κ1) is 20.3. The molecule has 1 saturated carbocycles. The molecule has 3 atom stereocenters. The summed E-state index contributed by atoms with van der Waals surface area (Å²) in [6.45, 7) is 7.52. The Labute approximate surface area is 164 Å². The highest BCUT2D eigenvalue weighted by atomic mass is 16.5. The highest BCUT2D eigenvalue weighted by molar-refractivity contribution is 5.77. The zero-order chi connectivity index (χ0) is 19.1. The molecular weight excluding hydrogens is 336 g/mol. The fourth-order valence-corrected chi connectivity index (χ4v) is 4.46. The summed E-state index contributed by atoms with van der Waals surface area (Å²) in [5.74, 6) is 0.713. The zero-order valence-electron chi connectivity index (χ0n) is 17.1. The van der Waals surface area contributed by atoms with Gasteiger partial charge in [-0.3, -0.25) is 9.69 Å². The van der Waals surface area contributed by atoms with E-state index in [-0.39, 0.29) is 18.6 Å². The van der Waals surface area contributed by atoms with Crippen molar-refractivity contribution < 1.29 is 9.53 Å². The van der Waals surface area contributed by atoms with Crippen LogP contribution < -0.4 is 5.32 Å². The van der Waals surface area contributed by atoms with Crippen molar-refractivity contribution in [3.05, 3.63) is 35.4 Å². The smallest absolute Gasteiger partial charge is 0.246 e. The summed E-state index contributed by atoms with van der Waals surface area (Å²) in [4.78, 5) is 14.8. The number of likely N-dealkylation sites (tertiary alicyclic amines) is 1. The predicted molar refractivity (Wildman–Crippen MR) is 109 cm³/mol. The van der Waals surface area contributed by atoms with Crippen molar-refractivity contribution in [3.63, 3.8) is 0 Å². The third kappa shape index (κ3) is 6.32. The van der Waals surface area contributed by atoms with Gasteiger partial charge in [-0.05, 0) is 56.2 Å². The summed E-state index contributed by atoms with van der Waals surface area (Å²) in [5, 5.41) is 3.06. The van der Waals surface area contributed by atoms with Gasteiger partial charge in [-0.25, -0.2) is 0 Å². The van der Waals surface area contributed by atoms with Gasteiger partial charge in [-0.15, -0.1) is 0 Å². The molecule has 4 nitrogen and oxygen atoms in total. The maximum absolute atomic E-state index is 12.2. The number of carbonyl (C=O) groups excluding carboxylic acids is 1. The summed E-state index contributed by atoms with van der Waals surface area (Å²) >= 11 is 0. The van der Waals surface area contributed by atoms with Crippen LogP contribution in [-0.2, 0) is 22.6 Å². The van der Waals surface area contributed by atoms with Crippen LogP contribution in [0.15, 0.2) is 24.3 Å². The van der Waals surface area contributed by atoms with Crippen LogP contribution in [0.3, 0.4) is 0 Å². The van der Waals surface area contributed by atoms with Crippen LogP contribution in [0.4, 0.5) is 0 Å². The van der Waals surface area contributed by atoms with E-state index in [0.29, 0.717) is 12.6 Å². The Morgan fingerprint density at radius 2 is 1.93 bits per heavy atom. The molecule has 1 N–H and O–H groups in total. The monoisotopic (exact) mass is 372 g/mol. The molecule has 3 unspecified atom stereocenters. The minimum Gasteiger partial charge on any atom is -0.368 e. The van der Waals surface area contributed by atoms with Gasteiger partial charge in [0.15, 0.2) is 0 Å². The van der Waals surface area contributed by atoms with E-state index in [2.05, 4.69) is 48.3 Å². The summed E-state index contributed by atoms with van der Waals surface area (Å²) < 4.78 is 5.85. The van der Waals surface area contributed by atoms with E-state index in [1.54, 1.807) is 0 Å². The fraction of sp³-hybridized carbons (Fsp3) is 0.696. The Morgan fingerprint density at radius 1 is 1.11 bits per heavy atom. The molecule has 1 aromatic rings. The second-order valence-corrected chi connectivity index (χ2v) is 8.57. The summed E-state index contributed by atoms with van der Waals surface area (Å²) in [6, 6.07) is 9.14. The van der Waals surface area contributed by atoms with Crippen LogP contribution in [0.1, 0.15) is 69.9 Å². The largest absolute Gasteiger partial charge is 0.368 e. The summed E-state index contributed by atoms with van der Waals surface area (Å²) in [6.07, 6.45) is 8.87. The maximum atomic E-state index is 12.2. The van der Waals surface area contributed by atoms with Crippen molar-refractivity contribution in [1.82, 2.24) is 10.2 Å². The van der Waals surface area contributed by atoms with Crippen LogP contribution in [-0.4, -0.2) is 36.1 Å². The van der Waals surface area contributed by atoms with Gasteiger partial charge in [0.05, 0.1) is 6.10 Å². The van der Waals surface area contributed by atoms with Crippen molar-refractivity contribution in [2.24, 2.45) is 5.92 Å². The van der Waals surface area contributed by atoms with Crippen LogP contribution in [0.25, 0.3) is 0 Å². The molecule has 27 heavy (non-hydrogen) atoms. The molecule has 0 spiro atoms. The van der Waals surface area contributed by atoms with Gasteiger partial charge in [-0.1, -0.05) is 50.5 Å². The molecule has 1 aliphatic carbocycles. The Balaban J connectivity index is 1.46. The Kier molecular flexibility index (Phi) is 7.71. The molecule has 0 radical (unpaired) electrons. The maximum Gasteiger partial charge on any atom is 0.246 e. The molecule has 2 fully saturated rings. The van der Waals surface area contributed by atoms with Crippen molar-refractivity contribution in [3.8, 4) is 0 Å². The number of carbonyl (C=O) groups is 1. The highest BCUT2D eigenvalue weighted by Crippen LogP contribution is 2.25. The second kappa shape index (κ2) is 10.2. The van der Waals surface area contributed by atoms with Crippen molar-refractivity contribution in [1.29, 1.82) is 0 Å². The van der Waals surface area contributed by atoms with E-state index in [9.17, 15) is 4.79 Å². The normalized spacial score (nSPS) is 26.7. The Hall–Kier alpha value is -1.39. The molecular formula is C23H36N2O2. The van der Waals surface area contributed by atoms with Crippen molar-refractivity contribution >= 4 is 5.91 Å². The number of ether oxygens (including phenoxy) is 1. The van der Waals surface area contributed by atoms with E-state index >= 15 is 0 Å². The molecule has 0 bridgehead atoms. The first-order valence-corrected chi connectivity index (χ1v) is 10.8. The number of piperidine rings is 1. The number of hydrogen-bond donors (Lipinski definition) is 1. The van der Waals surface area contributed by atoms with Gasteiger partial charge in [0.25, 0.3) is 0 Å². The first-order valence-electron chi connectivity index (χ1n) is 10.8. The lowest BCUT2D eigenvalue weighted by Gasteiger charge is -2.33. The third-order valence-electron chi connectivity index (χ3n) is 6.25. The van der Waals surface area contributed by atoms with Gasteiger partial charge in [0, 0.05) is 19.1 Å². The van der Waals surface area contributed by atoms with Crippen LogP contribution in [0.2, 0.25) is 0 Å². The standard InChI is InChI=1S/C23H36N2O2/c1-18-8-7-12-22(14-18)27-17-23(26)24-15-20-10-3-4-11-21(20)16-25-13-6-5-9-19(25)2/h3-4,10-11,18-19,22H,5-9,12-17H2,1-2H3,(H,24,26). The van der Waals surface area contributed by atoms with E-state index in [4.69, 9.17) is 4.74 Å². The Bertz CT molecular complexity index is 604. The number of nitrogens with zero attached hydrogens (tertiary/aromatic N) is 1. The topological polar surface area (TPSA) is 41.6 Å². The summed E-state index contributed by atoms with van der Waals surface area (Å²) in [7, 11) is 0. The minimum absolute atomic E-state index is 0.00521. The molecule has 1 aliphatic heterocycles. The number of benzene rings is 1. The van der Waals surface area contributed by atoms with Crippen LogP contribution in [0.5, 0.6) is 0 Å². The quantitative estimate of drug-likeness (QED) is 0.777. The molecule has 2 aliphatic rings. The number of rotatable bonds is 7. The molecule has 1 aromatic carbocycles. The number of hydrogen-bond acceptors (Lipinski definition) is 3. The number of nitrogens with one attached hydrogen (secondary N) is 1. The fourth-order valence-electron chi connectivity index (χ4n) is 4.46. The minimum atomic E-state index is -0.00521.